The normalized spacial score (nSPS) is 19.8. The predicted molar refractivity (Wildman–Crippen MR) is 113 cm³/mol. The molecule has 0 aliphatic carbocycles. The van der Waals surface area contributed by atoms with Crippen molar-refractivity contribution in [1.29, 1.82) is 0 Å². The quantitative estimate of drug-likeness (QED) is 0.660. The van der Waals surface area contributed by atoms with E-state index in [0.717, 1.165) is 35.0 Å². The van der Waals surface area contributed by atoms with Gasteiger partial charge in [0.2, 0.25) is 0 Å². The molecule has 0 spiro atoms. The average Bonchev–Trinajstić information content (AvgIpc) is 2.72. The Morgan fingerprint density at radius 2 is 1.93 bits per heavy atom. The molecule has 1 fully saturated rings. The van der Waals surface area contributed by atoms with E-state index in [2.05, 4.69) is 12.1 Å². The summed E-state index contributed by atoms with van der Waals surface area (Å²) in [6.45, 7) is 1.78. The Kier molecular flexibility index (Phi) is 5.67. The molecule has 1 saturated heterocycles. The lowest BCUT2D eigenvalue weighted by atomic mass is 9.90. The number of pyridine rings is 1. The van der Waals surface area contributed by atoms with Crippen LogP contribution in [0.1, 0.15) is 30.0 Å². The number of fused-ring (bicyclic) bond motifs is 1. The summed E-state index contributed by atoms with van der Waals surface area (Å²) in [5.41, 5.74) is 16.6. The van der Waals surface area contributed by atoms with Crippen LogP contribution in [0.3, 0.4) is 0 Å². The summed E-state index contributed by atoms with van der Waals surface area (Å²) in [6, 6.07) is 15.6. The molecular weight excluding hydrogens is 374 g/mol. The van der Waals surface area contributed by atoms with Crippen LogP contribution >= 0.6 is 11.6 Å². The maximum Gasteiger partial charge on any atom is 0.0815 e. The van der Waals surface area contributed by atoms with Gasteiger partial charge in [-0.1, -0.05) is 41.9 Å². The van der Waals surface area contributed by atoms with Crippen LogP contribution in [0.5, 0.6) is 0 Å². The lowest BCUT2D eigenvalue weighted by Crippen LogP contribution is -2.29. The highest BCUT2D eigenvalue weighted by molar-refractivity contribution is 6.31. The van der Waals surface area contributed by atoms with E-state index in [0.29, 0.717) is 36.2 Å². The van der Waals surface area contributed by atoms with E-state index >= 15 is 0 Å². The van der Waals surface area contributed by atoms with E-state index in [1.807, 2.05) is 36.4 Å². The molecular formula is C22H24ClN3O2. The second-order valence-electron chi connectivity index (χ2n) is 7.20. The van der Waals surface area contributed by atoms with E-state index in [9.17, 15) is 0 Å². The van der Waals surface area contributed by atoms with Gasteiger partial charge in [0, 0.05) is 22.9 Å². The molecule has 0 amide bonds. The lowest BCUT2D eigenvalue weighted by molar-refractivity contribution is -0.0510. The number of hydrogen-bond donors (Lipinski definition) is 2. The first-order valence-corrected chi connectivity index (χ1v) is 9.87. The molecule has 2 unspecified atom stereocenters. The van der Waals surface area contributed by atoms with E-state index in [4.69, 9.17) is 37.5 Å². The fraction of sp³-hybridized carbons (Fsp3) is 0.318. The van der Waals surface area contributed by atoms with Crippen LogP contribution in [0, 0.1) is 0 Å². The largest absolute Gasteiger partial charge is 0.396 e. The molecule has 4 rings (SSSR count). The van der Waals surface area contributed by atoms with Crippen LogP contribution in [0.2, 0.25) is 5.02 Å². The Balaban J connectivity index is 1.47. The standard InChI is InChI=1S/C22H24ClN3O2/c23-16-6-7-19-18(11-16)20(24)21(25)22(26-19)15-8-9-28-17(10-15)13-27-12-14-4-2-1-3-5-14/h1-7,11,15,17H,8-10,12-13,25H2,(H2,24,26). The van der Waals surface area contributed by atoms with Crippen molar-refractivity contribution in [1.82, 2.24) is 4.98 Å². The zero-order valence-corrected chi connectivity index (χ0v) is 16.4. The topological polar surface area (TPSA) is 83.4 Å². The van der Waals surface area contributed by atoms with Crippen molar-refractivity contribution < 1.29 is 9.47 Å². The molecule has 6 heteroatoms. The average molecular weight is 398 g/mol. The molecule has 3 aromatic rings. The molecule has 1 aliphatic heterocycles. The second kappa shape index (κ2) is 8.35. The molecule has 0 saturated carbocycles. The fourth-order valence-corrected chi connectivity index (χ4v) is 3.91. The van der Waals surface area contributed by atoms with Gasteiger partial charge in [-0.25, -0.2) is 0 Å². The number of nitrogens with zero attached hydrogens (tertiary/aromatic N) is 1. The Morgan fingerprint density at radius 1 is 1.11 bits per heavy atom. The zero-order valence-electron chi connectivity index (χ0n) is 15.6. The highest BCUT2D eigenvalue weighted by Crippen LogP contribution is 2.38. The number of ether oxygens (including phenoxy) is 2. The van der Waals surface area contributed by atoms with Crippen LogP contribution < -0.4 is 11.5 Å². The zero-order chi connectivity index (χ0) is 19.5. The highest BCUT2D eigenvalue weighted by Gasteiger charge is 2.27. The monoisotopic (exact) mass is 397 g/mol. The van der Waals surface area contributed by atoms with Crippen LogP contribution in [-0.2, 0) is 16.1 Å². The molecule has 2 aromatic carbocycles. The number of benzene rings is 2. The van der Waals surface area contributed by atoms with Crippen molar-refractivity contribution in [3.8, 4) is 0 Å². The number of nitrogens with two attached hydrogens (primary N) is 2. The maximum atomic E-state index is 6.35. The molecule has 1 aliphatic rings. The van der Waals surface area contributed by atoms with Crippen LogP contribution in [0.4, 0.5) is 11.4 Å². The van der Waals surface area contributed by atoms with Crippen molar-refractivity contribution in [2.45, 2.75) is 31.5 Å². The smallest absolute Gasteiger partial charge is 0.0815 e. The highest BCUT2D eigenvalue weighted by atomic mass is 35.5. The molecule has 1 aromatic heterocycles. The number of rotatable bonds is 5. The summed E-state index contributed by atoms with van der Waals surface area (Å²) in [4.78, 5) is 4.80. The van der Waals surface area contributed by atoms with Crippen molar-refractivity contribution in [2.24, 2.45) is 0 Å². The molecule has 4 N–H and O–H groups in total. The van der Waals surface area contributed by atoms with E-state index in [-0.39, 0.29) is 12.0 Å². The molecule has 0 radical (unpaired) electrons. The summed E-state index contributed by atoms with van der Waals surface area (Å²) in [6.07, 6.45) is 1.70. The SMILES string of the molecule is Nc1c(C2CCOC(COCc3ccccc3)C2)nc2ccc(Cl)cc2c1N. The van der Waals surface area contributed by atoms with Gasteiger partial charge in [0.1, 0.15) is 0 Å². The lowest BCUT2D eigenvalue weighted by Gasteiger charge is -2.30. The van der Waals surface area contributed by atoms with Gasteiger partial charge in [-0.05, 0) is 36.6 Å². The van der Waals surface area contributed by atoms with Gasteiger partial charge in [-0.2, -0.15) is 0 Å². The van der Waals surface area contributed by atoms with E-state index in [1.165, 1.54) is 0 Å². The number of hydrogen-bond acceptors (Lipinski definition) is 5. The molecule has 28 heavy (non-hydrogen) atoms. The van der Waals surface area contributed by atoms with Gasteiger partial charge in [0.15, 0.2) is 0 Å². The predicted octanol–water partition coefficient (Wildman–Crippen LogP) is 4.53. The summed E-state index contributed by atoms with van der Waals surface area (Å²) in [5, 5.41) is 1.42. The van der Waals surface area contributed by atoms with Gasteiger partial charge in [0.05, 0.1) is 41.9 Å². The van der Waals surface area contributed by atoms with Gasteiger partial charge in [0.25, 0.3) is 0 Å². The van der Waals surface area contributed by atoms with Crippen LogP contribution in [-0.4, -0.2) is 24.3 Å². The number of halogens is 1. The summed E-state index contributed by atoms with van der Waals surface area (Å²) >= 11 is 6.09. The van der Waals surface area contributed by atoms with Crippen LogP contribution in [0.15, 0.2) is 48.5 Å². The molecule has 146 valence electrons. The minimum absolute atomic E-state index is 0.0193. The molecule has 2 atom stereocenters. The van der Waals surface area contributed by atoms with Gasteiger partial charge in [-0.3, -0.25) is 4.98 Å². The van der Waals surface area contributed by atoms with Crippen molar-refractivity contribution in [3.63, 3.8) is 0 Å². The van der Waals surface area contributed by atoms with E-state index < -0.39 is 0 Å². The first kappa shape index (κ1) is 19.0. The van der Waals surface area contributed by atoms with Crippen LogP contribution in [0.25, 0.3) is 10.9 Å². The minimum atomic E-state index is 0.0193. The number of aromatic nitrogens is 1. The maximum absolute atomic E-state index is 6.35. The third-order valence-corrected chi connectivity index (χ3v) is 5.46. The summed E-state index contributed by atoms with van der Waals surface area (Å²) in [5.74, 6) is 0.196. The fourth-order valence-electron chi connectivity index (χ4n) is 3.73. The molecule has 0 bridgehead atoms. The molecule has 5 nitrogen and oxygen atoms in total. The second-order valence-corrected chi connectivity index (χ2v) is 7.64. The third-order valence-electron chi connectivity index (χ3n) is 5.23. The first-order chi connectivity index (χ1) is 13.6. The first-order valence-electron chi connectivity index (χ1n) is 9.49. The minimum Gasteiger partial charge on any atom is -0.396 e. The number of anilines is 2. The van der Waals surface area contributed by atoms with Gasteiger partial charge >= 0.3 is 0 Å². The Hall–Kier alpha value is -2.34. The van der Waals surface area contributed by atoms with Crippen molar-refractivity contribution in [2.75, 3.05) is 24.7 Å². The van der Waals surface area contributed by atoms with Gasteiger partial charge < -0.3 is 20.9 Å². The van der Waals surface area contributed by atoms with Crippen molar-refractivity contribution in [3.05, 3.63) is 64.8 Å². The Labute approximate surface area is 169 Å². The number of nitrogen functional groups attached to an aromatic ring is 2. The third kappa shape index (κ3) is 4.07. The van der Waals surface area contributed by atoms with Gasteiger partial charge in [-0.15, -0.1) is 0 Å². The summed E-state index contributed by atoms with van der Waals surface area (Å²) in [7, 11) is 0. The van der Waals surface area contributed by atoms with Crippen molar-refractivity contribution >= 4 is 33.9 Å². The molecule has 2 heterocycles. The summed E-state index contributed by atoms with van der Waals surface area (Å²) < 4.78 is 11.8. The Morgan fingerprint density at radius 3 is 2.75 bits per heavy atom. The van der Waals surface area contributed by atoms with E-state index in [1.54, 1.807) is 0 Å². The Bertz CT molecular complexity index is 965.